The van der Waals surface area contributed by atoms with E-state index in [4.69, 9.17) is 4.74 Å². The smallest absolute Gasteiger partial charge is 0.209 e. The number of rotatable bonds is 6. The fraction of sp³-hybridized carbons (Fsp3) is 0.500. The first-order chi connectivity index (χ1) is 16.7. The zero-order valence-corrected chi connectivity index (χ0v) is 21.6. The second-order valence-electron chi connectivity index (χ2n) is 10.3. The number of Topliss-reactive ketones (excluding diaryl/α,β-unsaturated/α-hetero) is 2. The molecule has 8 heteroatoms. The van der Waals surface area contributed by atoms with Crippen LogP contribution in [-0.4, -0.2) is 54.1 Å². The molecule has 0 aromatic rings. The van der Waals surface area contributed by atoms with E-state index in [1.54, 1.807) is 31.2 Å². The van der Waals surface area contributed by atoms with Crippen molar-refractivity contribution < 1.29 is 39.9 Å². The van der Waals surface area contributed by atoms with Crippen molar-refractivity contribution in [2.75, 3.05) is 0 Å². The Morgan fingerprint density at radius 1 is 1.11 bits per heavy atom. The van der Waals surface area contributed by atoms with Gasteiger partial charge in [-0.2, -0.15) is 0 Å². The number of allylic oxidation sites excluding steroid dienone is 7. The molecule has 3 rings (SSSR count). The maximum absolute atomic E-state index is 14.1. The normalized spacial score (nSPS) is 38.4. The summed E-state index contributed by atoms with van der Waals surface area (Å²) in [5.41, 5.74) is -6.34. The Labute approximate surface area is 211 Å². The van der Waals surface area contributed by atoms with Crippen LogP contribution in [-0.2, 0) is 14.3 Å². The Bertz CT molecular complexity index is 1160. The molecule has 5 unspecified atom stereocenters. The first kappa shape index (κ1) is 27.6. The van der Waals surface area contributed by atoms with E-state index in [1.165, 1.54) is 39.8 Å². The van der Waals surface area contributed by atoms with Crippen molar-refractivity contribution in [3.8, 4) is 0 Å². The highest BCUT2D eigenvalue weighted by Crippen LogP contribution is 2.67. The summed E-state index contributed by atoms with van der Waals surface area (Å²) in [5, 5.41) is 56.3. The fourth-order valence-corrected chi connectivity index (χ4v) is 5.98. The molecular formula is C28H36O8. The van der Waals surface area contributed by atoms with Gasteiger partial charge >= 0.3 is 0 Å². The third-order valence-corrected chi connectivity index (χ3v) is 7.85. The van der Waals surface area contributed by atoms with E-state index in [9.17, 15) is 35.1 Å². The largest absolute Gasteiger partial charge is 0.509 e. The van der Waals surface area contributed by atoms with Gasteiger partial charge in [0, 0.05) is 35.5 Å². The summed E-state index contributed by atoms with van der Waals surface area (Å²) in [5.74, 6) is -6.52. The Balaban J connectivity index is 2.32. The third kappa shape index (κ3) is 3.62. The lowest BCUT2D eigenvalue weighted by atomic mass is 9.52. The molecule has 2 fully saturated rings. The molecule has 0 amide bonds. The Hall–Kier alpha value is -2.94. The van der Waals surface area contributed by atoms with Crippen LogP contribution in [0.2, 0.25) is 0 Å². The fourth-order valence-electron chi connectivity index (χ4n) is 5.98. The van der Waals surface area contributed by atoms with Crippen molar-refractivity contribution >= 4 is 11.6 Å². The SMILES string of the molecule is CC=CC=CC(O)=C1CC(C)(O)C2(O)OC3(C)C(O)=C(C)C(O)=C(C(=O)CCC=CC)C3C2(C)C1=O. The number of fused-ring (bicyclic) bond motifs is 3. The van der Waals surface area contributed by atoms with Gasteiger partial charge in [-0.05, 0) is 54.0 Å². The average Bonchev–Trinajstić information content (AvgIpc) is 3.01. The number of aliphatic hydroxyl groups is 5. The summed E-state index contributed by atoms with van der Waals surface area (Å²) in [6.45, 7) is 9.02. The number of hydrogen-bond acceptors (Lipinski definition) is 8. The Kier molecular flexibility index (Phi) is 7.05. The van der Waals surface area contributed by atoms with Gasteiger partial charge in [-0.25, -0.2) is 0 Å². The highest BCUT2D eigenvalue weighted by molar-refractivity contribution is 6.06. The molecule has 2 aliphatic carbocycles. The van der Waals surface area contributed by atoms with Crippen LogP contribution in [0.4, 0.5) is 0 Å². The van der Waals surface area contributed by atoms with Gasteiger partial charge in [-0.1, -0.05) is 30.4 Å². The van der Waals surface area contributed by atoms with Crippen molar-refractivity contribution in [2.24, 2.45) is 11.3 Å². The molecule has 0 radical (unpaired) electrons. The van der Waals surface area contributed by atoms with Gasteiger partial charge in [0.25, 0.3) is 0 Å². The molecule has 5 N–H and O–H groups in total. The van der Waals surface area contributed by atoms with E-state index in [0.29, 0.717) is 6.42 Å². The van der Waals surface area contributed by atoms with Crippen LogP contribution in [0.25, 0.3) is 0 Å². The van der Waals surface area contributed by atoms with Gasteiger partial charge in [0.05, 0.1) is 5.41 Å². The van der Waals surface area contributed by atoms with Crippen LogP contribution in [0.5, 0.6) is 0 Å². The van der Waals surface area contributed by atoms with Crippen molar-refractivity contribution in [1.82, 2.24) is 0 Å². The van der Waals surface area contributed by atoms with E-state index < -0.39 is 63.6 Å². The Morgan fingerprint density at radius 2 is 1.75 bits per heavy atom. The molecule has 8 nitrogen and oxygen atoms in total. The summed E-state index contributed by atoms with van der Waals surface area (Å²) in [7, 11) is 0. The van der Waals surface area contributed by atoms with Crippen molar-refractivity contribution in [3.63, 3.8) is 0 Å². The lowest BCUT2D eigenvalue weighted by Gasteiger charge is -2.51. The Morgan fingerprint density at radius 3 is 2.33 bits per heavy atom. The first-order valence-corrected chi connectivity index (χ1v) is 12.0. The van der Waals surface area contributed by atoms with Gasteiger partial charge < -0.3 is 30.3 Å². The van der Waals surface area contributed by atoms with Crippen LogP contribution in [0, 0.1) is 11.3 Å². The molecule has 0 aromatic heterocycles. The van der Waals surface area contributed by atoms with Crippen LogP contribution in [0.1, 0.15) is 60.8 Å². The molecule has 0 bridgehead atoms. The van der Waals surface area contributed by atoms with Crippen LogP contribution < -0.4 is 0 Å². The van der Waals surface area contributed by atoms with Gasteiger partial charge in [0.15, 0.2) is 11.6 Å². The summed E-state index contributed by atoms with van der Waals surface area (Å²) in [4.78, 5) is 27.5. The minimum Gasteiger partial charge on any atom is -0.509 e. The number of carbonyl (C=O) groups excluding carboxylic acids is 2. The predicted octanol–water partition coefficient (Wildman–Crippen LogP) is 4.34. The van der Waals surface area contributed by atoms with Crippen molar-refractivity contribution in [3.05, 3.63) is 70.5 Å². The van der Waals surface area contributed by atoms with Crippen LogP contribution >= 0.6 is 0 Å². The average molecular weight is 501 g/mol. The van der Waals surface area contributed by atoms with Gasteiger partial charge in [-0.3, -0.25) is 9.59 Å². The van der Waals surface area contributed by atoms with E-state index in [-0.39, 0.29) is 23.1 Å². The number of ketones is 2. The molecule has 5 atom stereocenters. The van der Waals surface area contributed by atoms with Crippen LogP contribution in [0.15, 0.2) is 70.5 Å². The maximum atomic E-state index is 14.1. The zero-order valence-electron chi connectivity index (χ0n) is 21.6. The van der Waals surface area contributed by atoms with Gasteiger partial charge in [-0.15, -0.1) is 0 Å². The topological polar surface area (TPSA) is 145 Å². The molecule has 1 saturated carbocycles. The van der Waals surface area contributed by atoms with Gasteiger partial charge in [0.2, 0.25) is 5.79 Å². The first-order valence-electron chi connectivity index (χ1n) is 12.0. The lowest BCUT2D eigenvalue weighted by Crippen LogP contribution is -2.68. The molecule has 3 aliphatic rings. The van der Waals surface area contributed by atoms with Crippen LogP contribution in [0.3, 0.4) is 0 Å². The van der Waals surface area contributed by atoms with E-state index in [2.05, 4.69) is 0 Å². The number of ether oxygens (including phenoxy) is 1. The summed E-state index contributed by atoms with van der Waals surface area (Å²) < 4.78 is 6.03. The molecule has 1 aliphatic heterocycles. The highest BCUT2D eigenvalue weighted by Gasteiger charge is 2.80. The van der Waals surface area contributed by atoms with Gasteiger partial charge in [0.1, 0.15) is 28.5 Å². The minimum absolute atomic E-state index is 0.00346. The molecule has 36 heavy (non-hydrogen) atoms. The second kappa shape index (κ2) is 9.18. The summed E-state index contributed by atoms with van der Waals surface area (Å²) >= 11 is 0. The van der Waals surface area contributed by atoms with Crippen molar-refractivity contribution in [1.29, 1.82) is 0 Å². The maximum Gasteiger partial charge on any atom is 0.209 e. The standard InChI is InChI=1S/C28H36O8/c1-7-9-11-13-18(29)17-15-25(4,34)28(35)26(5,24(17)33)22-20(19(30)14-12-10-8-2)21(31)16(3)23(32)27(22,6)36-28/h7-11,13,22,29,31-32,34-35H,12,14-15H2,1-6H3. The number of aliphatic hydroxyl groups excluding tert-OH is 3. The van der Waals surface area contributed by atoms with Crippen molar-refractivity contribution in [2.45, 2.75) is 77.8 Å². The van der Waals surface area contributed by atoms with E-state index >= 15 is 0 Å². The minimum atomic E-state index is -2.57. The summed E-state index contributed by atoms with van der Waals surface area (Å²) in [6.07, 6.45) is 9.68. The number of hydrogen-bond donors (Lipinski definition) is 5. The highest BCUT2D eigenvalue weighted by atomic mass is 16.7. The van der Waals surface area contributed by atoms with E-state index in [0.717, 1.165) is 0 Å². The third-order valence-electron chi connectivity index (χ3n) is 7.85. The molecule has 196 valence electrons. The number of carbonyl (C=O) groups is 2. The molecule has 1 heterocycles. The molecule has 0 spiro atoms. The molecular weight excluding hydrogens is 464 g/mol. The molecule has 0 aromatic carbocycles. The molecule has 1 saturated heterocycles. The zero-order chi connectivity index (χ0) is 27.3. The predicted molar refractivity (Wildman–Crippen MR) is 134 cm³/mol. The second-order valence-corrected chi connectivity index (χ2v) is 10.3. The lowest BCUT2D eigenvalue weighted by molar-refractivity contribution is -0.328. The van der Waals surface area contributed by atoms with E-state index in [1.807, 2.05) is 6.92 Å². The quantitative estimate of drug-likeness (QED) is 0.157. The monoisotopic (exact) mass is 500 g/mol. The summed E-state index contributed by atoms with van der Waals surface area (Å²) in [6, 6.07) is 0.